The number of hydrogen-bond acceptors (Lipinski definition) is 10. The highest BCUT2D eigenvalue weighted by Crippen LogP contribution is 2.55. The number of fused-ring (bicyclic) bond motifs is 5. The van der Waals surface area contributed by atoms with Gasteiger partial charge >= 0.3 is 0 Å². The maximum atomic E-state index is 10.2. The summed E-state index contributed by atoms with van der Waals surface area (Å²) in [4.78, 5) is 0. The first-order valence-corrected chi connectivity index (χ1v) is 10.4. The number of methoxy groups -OCH3 is 2. The highest BCUT2D eigenvalue weighted by Gasteiger charge is 2.45. The molecule has 2 aromatic carbocycles. The van der Waals surface area contributed by atoms with Crippen molar-refractivity contribution in [3.8, 4) is 28.7 Å². The van der Waals surface area contributed by atoms with Crippen LogP contribution in [0.15, 0.2) is 36.6 Å². The molecule has 0 amide bonds. The van der Waals surface area contributed by atoms with Gasteiger partial charge < -0.3 is 48.8 Å². The fourth-order valence-corrected chi connectivity index (χ4v) is 4.25. The van der Waals surface area contributed by atoms with Crippen molar-refractivity contribution in [2.45, 2.75) is 36.8 Å². The summed E-state index contributed by atoms with van der Waals surface area (Å²) in [6.45, 7) is -0.542. The zero-order chi connectivity index (χ0) is 23.3. The van der Waals surface area contributed by atoms with E-state index in [1.165, 1.54) is 0 Å². The van der Waals surface area contributed by atoms with E-state index in [1.807, 2.05) is 6.07 Å². The van der Waals surface area contributed by atoms with Gasteiger partial charge in [0.15, 0.2) is 17.6 Å². The van der Waals surface area contributed by atoms with Gasteiger partial charge in [0.25, 0.3) is 0 Å². The highest BCUT2D eigenvalue weighted by molar-refractivity contribution is 5.83. The van der Waals surface area contributed by atoms with Crippen LogP contribution in [0.25, 0.3) is 5.57 Å². The lowest BCUT2D eigenvalue weighted by atomic mass is 9.96. The summed E-state index contributed by atoms with van der Waals surface area (Å²) in [6, 6.07) is 8.71. The molecule has 3 aliphatic rings. The highest BCUT2D eigenvalue weighted by atomic mass is 16.7. The van der Waals surface area contributed by atoms with Crippen LogP contribution in [0.1, 0.15) is 17.2 Å². The molecular formula is C23H24O10. The van der Waals surface area contributed by atoms with E-state index in [4.69, 9.17) is 28.4 Å². The van der Waals surface area contributed by atoms with Gasteiger partial charge in [-0.1, -0.05) is 0 Å². The van der Waals surface area contributed by atoms with E-state index in [1.54, 1.807) is 44.7 Å². The van der Waals surface area contributed by atoms with Crippen molar-refractivity contribution in [1.29, 1.82) is 0 Å². The van der Waals surface area contributed by atoms with E-state index < -0.39 is 43.4 Å². The molecule has 0 bridgehead atoms. The summed E-state index contributed by atoms with van der Waals surface area (Å²) in [5, 5.41) is 39.5. The van der Waals surface area contributed by atoms with Crippen molar-refractivity contribution >= 4 is 5.57 Å². The Morgan fingerprint density at radius 1 is 0.970 bits per heavy atom. The van der Waals surface area contributed by atoms with Gasteiger partial charge in [0.1, 0.15) is 35.9 Å². The van der Waals surface area contributed by atoms with E-state index in [2.05, 4.69) is 0 Å². The third kappa shape index (κ3) is 3.47. The molecule has 2 aromatic rings. The Morgan fingerprint density at radius 3 is 2.52 bits per heavy atom. The van der Waals surface area contributed by atoms with Crippen LogP contribution in [0, 0.1) is 0 Å². The predicted molar refractivity (Wildman–Crippen MR) is 112 cm³/mol. The van der Waals surface area contributed by atoms with Crippen LogP contribution in [0.2, 0.25) is 0 Å². The molecule has 0 saturated carbocycles. The molecule has 1 fully saturated rings. The Hall–Kier alpha value is -3.02. The smallest absolute Gasteiger partial charge is 0.229 e. The zero-order valence-electron chi connectivity index (χ0n) is 17.9. The molecule has 3 aliphatic heterocycles. The van der Waals surface area contributed by atoms with Gasteiger partial charge in [0.2, 0.25) is 12.0 Å². The lowest BCUT2D eigenvalue weighted by molar-refractivity contribution is -0.277. The van der Waals surface area contributed by atoms with Crippen LogP contribution in [0.4, 0.5) is 0 Å². The molecule has 3 heterocycles. The quantitative estimate of drug-likeness (QED) is 0.506. The van der Waals surface area contributed by atoms with Gasteiger partial charge in [0.05, 0.1) is 27.1 Å². The average molecular weight is 460 g/mol. The minimum absolute atomic E-state index is 0.296. The molecule has 1 unspecified atom stereocenters. The lowest BCUT2D eigenvalue weighted by Crippen LogP contribution is -2.60. The van der Waals surface area contributed by atoms with Gasteiger partial charge in [-0.25, -0.2) is 0 Å². The molecule has 4 N–H and O–H groups in total. The average Bonchev–Trinajstić information content (AvgIpc) is 3.22. The molecular weight excluding hydrogens is 436 g/mol. The van der Waals surface area contributed by atoms with E-state index >= 15 is 0 Å². The number of aliphatic hydroxyl groups is 4. The van der Waals surface area contributed by atoms with Gasteiger partial charge in [-0.3, -0.25) is 0 Å². The largest absolute Gasteiger partial charge is 0.493 e. The first-order valence-electron chi connectivity index (χ1n) is 10.4. The SMILES string of the molecule is COc1ccc2c(c1OC)OC1C2=COc2cc(O[C@@H]3O[C@H](CO)[C@@H](O)[C@H](O)[C@H]3O)ccc21. The molecule has 33 heavy (non-hydrogen) atoms. The molecule has 0 aliphatic carbocycles. The second-order valence-electron chi connectivity index (χ2n) is 7.88. The molecule has 6 atom stereocenters. The van der Waals surface area contributed by atoms with Gasteiger partial charge in [-0.15, -0.1) is 0 Å². The van der Waals surface area contributed by atoms with Crippen molar-refractivity contribution in [3.05, 3.63) is 47.7 Å². The number of aliphatic hydroxyl groups excluding tert-OH is 4. The van der Waals surface area contributed by atoms with E-state index in [0.717, 1.165) is 16.7 Å². The first kappa shape index (κ1) is 21.8. The third-order valence-corrected chi connectivity index (χ3v) is 6.01. The predicted octanol–water partition coefficient (Wildman–Crippen LogP) is 0.749. The Morgan fingerprint density at radius 2 is 1.79 bits per heavy atom. The standard InChI is InChI=1S/C23H24O10/c1-28-14-6-5-11-13-9-30-15-7-10(3-4-12(15)20(13)33-21(11)22(14)29-2)31-23-19(27)18(26)17(25)16(8-24)32-23/h3-7,9,16-20,23-27H,8H2,1-2H3/t16-,17-,18+,19-,20?,23-/m1/s1. The van der Waals surface area contributed by atoms with Crippen molar-refractivity contribution in [3.63, 3.8) is 0 Å². The molecule has 0 spiro atoms. The molecule has 10 heteroatoms. The fourth-order valence-electron chi connectivity index (χ4n) is 4.25. The van der Waals surface area contributed by atoms with Gasteiger partial charge in [0, 0.05) is 22.8 Å². The Labute approximate surface area is 189 Å². The Balaban J connectivity index is 1.39. The molecule has 0 aromatic heterocycles. The summed E-state index contributed by atoms with van der Waals surface area (Å²) >= 11 is 0. The van der Waals surface area contributed by atoms with Crippen molar-refractivity contribution in [2.24, 2.45) is 0 Å². The summed E-state index contributed by atoms with van der Waals surface area (Å²) in [7, 11) is 3.10. The number of rotatable bonds is 5. The summed E-state index contributed by atoms with van der Waals surface area (Å²) < 4.78 is 34.0. The maximum absolute atomic E-state index is 10.2. The van der Waals surface area contributed by atoms with Gasteiger partial charge in [-0.05, 0) is 24.3 Å². The van der Waals surface area contributed by atoms with Crippen molar-refractivity contribution in [2.75, 3.05) is 20.8 Å². The fraction of sp³-hybridized carbons (Fsp3) is 0.391. The van der Waals surface area contributed by atoms with Crippen molar-refractivity contribution in [1.82, 2.24) is 0 Å². The monoisotopic (exact) mass is 460 g/mol. The topological polar surface area (TPSA) is 136 Å². The van der Waals surface area contributed by atoms with Crippen LogP contribution in [-0.2, 0) is 4.74 Å². The zero-order valence-corrected chi connectivity index (χ0v) is 17.9. The summed E-state index contributed by atoms with van der Waals surface area (Å²) in [6.07, 6.45) is -5.69. The molecule has 5 rings (SSSR count). The minimum Gasteiger partial charge on any atom is -0.493 e. The number of ether oxygens (including phenoxy) is 6. The van der Waals surface area contributed by atoms with E-state index in [9.17, 15) is 20.4 Å². The molecule has 176 valence electrons. The second-order valence-corrected chi connectivity index (χ2v) is 7.88. The number of hydrogen-bond donors (Lipinski definition) is 4. The van der Waals surface area contributed by atoms with Crippen LogP contribution in [-0.4, -0.2) is 72.0 Å². The van der Waals surface area contributed by atoms with Crippen molar-refractivity contribution < 1.29 is 48.8 Å². The maximum Gasteiger partial charge on any atom is 0.229 e. The summed E-state index contributed by atoms with van der Waals surface area (Å²) in [5.74, 6) is 2.38. The molecule has 10 nitrogen and oxygen atoms in total. The molecule has 0 radical (unpaired) electrons. The summed E-state index contributed by atoms with van der Waals surface area (Å²) in [5.41, 5.74) is 2.43. The van der Waals surface area contributed by atoms with Crippen LogP contribution in [0.3, 0.4) is 0 Å². The molecule has 1 saturated heterocycles. The Kier molecular flexibility index (Phi) is 5.55. The Bertz CT molecular complexity index is 1080. The lowest BCUT2D eigenvalue weighted by Gasteiger charge is -2.39. The first-order chi connectivity index (χ1) is 16.0. The second kappa shape index (κ2) is 8.40. The third-order valence-electron chi connectivity index (χ3n) is 6.01. The van der Waals surface area contributed by atoms with E-state index in [-0.39, 0.29) is 0 Å². The van der Waals surface area contributed by atoms with Crippen LogP contribution >= 0.6 is 0 Å². The van der Waals surface area contributed by atoms with Crippen LogP contribution in [0.5, 0.6) is 28.7 Å². The number of benzene rings is 2. The van der Waals surface area contributed by atoms with E-state index in [0.29, 0.717) is 28.7 Å². The van der Waals surface area contributed by atoms with Crippen LogP contribution < -0.4 is 23.7 Å². The minimum atomic E-state index is -1.53. The normalized spacial score (nSPS) is 29.6. The van der Waals surface area contributed by atoms with Gasteiger partial charge in [-0.2, -0.15) is 0 Å².